The lowest BCUT2D eigenvalue weighted by molar-refractivity contribution is -0.118. The molecule has 164 valence electrons. The first kappa shape index (κ1) is 22.5. The molecule has 0 unspecified atom stereocenters. The highest BCUT2D eigenvalue weighted by Gasteiger charge is 2.21. The maximum absolute atomic E-state index is 12.5. The number of hydrogen-bond acceptors (Lipinski definition) is 6. The number of carbonyl (C=O) groups excluding carboxylic acids is 1. The van der Waals surface area contributed by atoms with Gasteiger partial charge in [0.25, 0.3) is 5.91 Å². The van der Waals surface area contributed by atoms with Crippen LogP contribution in [0.4, 0.5) is 5.69 Å². The third-order valence-electron chi connectivity index (χ3n) is 4.77. The van der Waals surface area contributed by atoms with Crippen LogP contribution in [-0.2, 0) is 14.8 Å². The first-order valence-electron chi connectivity index (χ1n) is 9.82. The van der Waals surface area contributed by atoms with E-state index >= 15 is 0 Å². The van der Waals surface area contributed by atoms with Crippen LogP contribution in [0.1, 0.15) is 19.4 Å². The maximum atomic E-state index is 12.5. The summed E-state index contributed by atoms with van der Waals surface area (Å²) in [5.74, 6) is -0.0257. The highest BCUT2D eigenvalue weighted by molar-refractivity contribution is 7.89. The van der Waals surface area contributed by atoms with Crippen LogP contribution in [0.5, 0.6) is 5.75 Å². The lowest BCUT2D eigenvalue weighted by Crippen LogP contribution is -2.30. The number of amides is 1. The van der Waals surface area contributed by atoms with Crippen molar-refractivity contribution in [1.82, 2.24) is 4.31 Å². The van der Waals surface area contributed by atoms with Crippen molar-refractivity contribution in [2.45, 2.75) is 25.7 Å². The van der Waals surface area contributed by atoms with E-state index < -0.39 is 21.6 Å². The van der Waals surface area contributed by atoms with E-state index in [1.54, 1.807) is 32.0 Å². The summed E-state index contributed by atoms with van der Waals surface area (Å²) in [4.78, 5) is 23.9. The molecule has 1 amide bonds. The van der Waals surface area contributed by atoms with Gasteiger partial charge in [-0.1, -0.05) is 13.8 Å². The Kier molecular flexibility index (Phi) is 6.77. The summed E-state index contributed by atoms with van der Waals surface area (Å²) in [6.07, 6.45) is 0. The number of nitrogens with zero attached hydrogens (tertiary/aromatic N) is 1. The van der Waals surface area contributed by atoms with Crippen LogP contribution in [0, 0.1) is 6.92 Å². The normalized spacial score (nSPS) is 11.6. The van der Waals surface area contributed by atoms with E-state index in [-0.39, 0.29) is 11.5 Å². The number of rotatable bonds is 8. The Bertz CT molecular complexity index is 1250. The Hall–Kier alpha value is -3.17. The molecule has 0 saturated carbocycles. The van der Waals surface area contributed by atoms with Gasteiger partial charge in [-0.3, -0.25) is 4.79 Å². The smallest absolute Gasteiger partial charge is 0.336 e. The average Bonchev–Trinajstić information content (AvgIpc) is 2.73. The second-order valence-electron chi connectivity index (χ2n) is 6.86. The number of aryl methyl sites for hydroxylation is 1. The molecular weight excluding hydrogens is 420 g/mol. The minimum absolute atomic E-state index is 0.165. The monoisotopic (exact) mass is 444 g/mol. The van der Waals surface area contributed by atoms with Crippen LogP contribution >= 0.6 is 0 Å². The van der Waals surface area contributed by atoms with Crippen LogP contribution in [0.3, 0.4) is 0 Å². The quantitative estimate of drug-likeness (QED) is 0.535. The van der Waals surface area contributed by atoms with Gasteiger partial charge in [0, 0.05) is 36.3 Å². The van der Waals surface area contributed by atoms with E-state index in [0.717, 1.165) is 10.9 Å². The molecule has 0 bridgehead atoms. The number of carbonyl (C=O) groups is 1. The first-order valence-corrected chi connectivity index (χ1v) is 11.3. The first-order chi connectivity index (χ1) is 14.7. The van der Waals surface area contributed by atoms with Crippen molar-refractivity contribution < 1.29 is 22.4 Å². The van der Waals surface area contributed by atoms with Crippen LogP contribution in [0.2, 0.25) is 0 Å². The summed E-state index contributed by atoms with van der Waals surface area (Å²) in [5, 5.41) is 3.45. The van der Waals surface area contributed by atoms with E-state index in [1.807, 2.05) is 6.92 Å². The van der Waals surface area contributed by atoms with Crippen LogP contribution in [0.25, 0.3) is 11.0 Å². The standard InChI is InChI=1S/C22H24N2O6S/c1-4-24(5-2)31(27,28)18-9-6-16(7-10-18)23-21(25)14-29-17-8-11-19-15(3)12-22(26)30-20(19)13-17/h6-13H,4-5,14H2,1-3H3,(H,23,25). The lowest BCUT2D eigenvalue weighted by atomic mass is 10.1. The van der Waals surface area contributed by atoms with Gasteiger partial charge in [0.05, 0.1) is 4.90 Å². The van der Waals surface area contributed by atoms with Gasteiger partial charge >= 0.3 is 5.63 Å². The zero-order chi connectivity index (χ0) is 22.6. The molecule has 3 rings (SSSR count). The van der Waals surface area contributed by atoms with Gasteiger partial charge < -0.3 is 14.5 Å². The Balaban J connectivity index is 1.64. The third kappa shape index (κ3) is 5.12. The molecule has 31 heavy (non-hydrogen) atoms. The molecular formula is C22H24N2O6S. The number of hydrogen-bond donors (Lipinski definition) is 1. The van der Waals surface area contributed by atoms with Gasteiger partial charge in [-0.05, 0) is 48.9 Å². The van der Waals surface area contributed by atoms with Crippen molar-refractivity contribution in [3.05, 3.63) is 64.5 Å². The fourth-order valence-electron chi connectivity index (χ4n) is 3.16. The van der Waals surface area contributed by atoms with E-state index in [4.69, 9.17) is 9.15 Å². The average molecular weight is 445 g/mol. The van der Waals surface area contributed by atoms with E-state index in [2.05, 4.69) is 5.32 Å². The Morgan fingerprint density at radius 1 is 1.06 bits per heavy atom. The molecule has 1 heterocycles. The van der Waals surface area contributed by atoms with Gasteiger partial charge in [-0.2, -0.15) is 4.31 Å². The number of nitrogens with one attached hydrogen (secondary N) is 1. The molecule has 0 spiro atoms. The van der Waals surface area contributed by atoms with E-state index in [0.29, 0.717) is 30.1 Å². The van der Waals surface area contributed by atoms with Gasteiger partial charge in [0.1, 0.15) is 11.3 Å². The van der Waals surface area contributed by atoms with Crippen molar-refractivity contribution in [1.29, 1.82) is 0 Å². The van der Waals surface area contributed by atoms with Crippen molar-refractivity contribution in [3.8, 4) is 5.75 Å². The van der Waals surface area contributed by atoms with Gasteiger partial charge in [0.15, 0.2) is 6.61 Å². The molecule has 0 aliphatic carbocycles. The SMILES string of the molecule is CCN(CC)S(=O)(=O)c1ccc(NC(=O)COc2ccc3c(C)cc(=O)oc3c2)cc1. The molecule has 3 aromatic rings. The number of fused-ring (bicyclic) bond motifs is 1. The topological polar surface area (TPSA) is 106 Å². The third-order valence-corrected chi connectivity index (χ3v) is 6.84. The molecule has 0 atom stereocenters. The zero-order valence-corrected chi connectivity index (χ0v) is 18.4. The number of sulfonamides is 1. The van der Waals surface area contributed by atoms with Gasteiger partial charge in [-0.25, -0.2) is 13.2 Å². The minimum atomic E-state index is -3.55. The summed E-state index contributed by atoms with van der Waals surface area (Å²) >= 11 is 0. The molecule has 1 aromatic heterocycles. The summed E-state index contributed by atoms with van der Waals surface area (Å²) in [5.41, 5.74) is 1.17. The molecule has 0 fully saturated rings. The van der Waals surface area contributed by atoms with Crippen molar-refractivity contribution >= 4 is 32.6 Å². The fraction of sp³-hybridized carbons (Fsp3) is 0.273. The minimum Gasteiger partial charge on any atom is -0.484 e. The molecule has 0 radical (unpaired) electrons. The molecule has 1 N–H and O–H groups in total. The van der Waals surface area contributed by atoms with Crippen LogP contribution < -0.4 is 15.7 Å². The molecule has 2 aromatic carbocycles. The Morgan fingerprint density at radius 3 is 2.39 bits per heavy atom. The predicted octanol–water partition coefficient (Wildman–Crippen LogP) is 3.15. The van der Waals surface area contributed by atoms with Crippen molar-refractivity contribution in [2.75, 3.05) is 25.0 Å². The maximum Gasteiger partial charge on any atom is 0.336 e. The summed E-state index contributed by atoms with van der Waals surface area (Å²) < 4.78 is 37.0. The predicted molar refractivity (Wildman–Crippen MR) is 118 cm³/mol. The highest BCUT2D eigenvalue weighted by Crippen LogP contribution is 2.22. The molecule has 0 saturated heterocycles. The zero-order valence-electron chi connectivity index (χ0n) is 17.5. The highest BCUT2D eigenvalue weighted by atomic mass is 32.2. The Morgan fingerprint density at radius 2 is 1.74 bits per heavy atom. The summed E-state index contributed by atoms with van der Waals surface area (Å²) in [6, 6.07) is 12.4. The number of benzene rings is 2. The summed E-state index contributed by atoms with van der Waals surface area (Å²) in [6.45, 7) is 5.87. The van der Waals surface area contributed by atoms with Gasteiger partial charge in [-0.15, -0.1) is 0 Å². The number of anilines is 1. The van der Waals surface area contributed by atoms with Crippen molar-refractivity contribution in [2.24, 2.45) is 0 Å². The summed E-state index contributed by atoms with van der Waals surface area (Å²) in [7, 11) is -3.55. The molecule has 8 nitrogen and oxygen atoms in total. The fourth-order valence-corrected chi connectivity index (χ4v) is 4.62. The van der Waals surface area contributed by atoms with Crippen molar-refractivity contribution in [3.63, 3.8) is 0 Å². The van der Waals surface area contributed by atoms with Crippen LogP contribution in [0.15, 0.2) is 62.6 Å². The second-order valence-corrected chi connectivity index (χ2v) is 8.79. The van der Waals surface area contributed by atoms with Gasteiger partial charge in [0.2, 0.25) is 10.0 Å². The lowest BCUT2D eigenvalue weighted by Gasteiger charge is -2.18. The number of ether oxygens (including phenoxy) is 1. The van der Waals surface area contributed by atoms with E-state index in [1.165, 1.54) is 34.6 Å². The second kappa shape index (κ2) is 9.32. The Labute approximate surface area is 180 Å². The molecule has 9 heteroatoms. The molecule has 0 aliphatic heterocycles. The molecule has 0 aliphatic rings. The largest absolute Gasteiger partial charge is 0.484 e. The van der Waals surface area contributed by atoms with Crippen LogP contribution in [-0.4, -0.2) is 38.3 Å². The van der Waals surface area contributed by atoms with E-state index in [9.17, 15) is 18.0 Å².